The number of rotatable bonds is 6. The van der Waals surface area contributed by atoms with Crippen LogP contribution in [0.4, 0.5) is 22.0 Å². The largest absolute Gasteiger partial charge is 0.478 e. The lowest BCUT2D eigenvalue weighted by Gasteiger charge is -2.19. The van der Waals surface area contributed by atoms with Crippen LogP contribution < -0.4 is 0 Å². The number of halogens is 5. The summed E-state index contributed by atoms with van der Waals surface area (Å²) in [7, 11) is 0.996. The van der Waals surface area contributed by atoms with Crippen molar-refractivity contribution in [2.24, 2.45) is 0 Å². The van der Waals surface area contributed by atoms with E-state index in [1.165, 1.54) is 6.92 Å². The number of hydrogen-bond donors (Lipinski definition) is 1. The number of aromatic nitrogens is 1. The molecule has 1 N–H and O–H groups in total. The van der Waals surface area contributed by atoms with Crippen LogP contribution in [0.5, 0.6) is 0 Å². The van der Waals surface area contributed by atoms with E-state index in [-0.39, 0.29) is 6.61 Å². The minimum atomic E-state index is -5.29. The second-order valence-electron chi connectivity index (χ2n) is 4.33. The Hall–Kier alpha value is -2.30. The van der Waals surface area contributed by atoms with Crippen molar-refractivity contribution in [3.63, 3.8) is 0 Å². The summed E-state index contributed by atoms with van der Waals surface area (Å²) in [6.45, 7) is 0.156. The van der Waals surface area contributed by atoms with Crippen molar-refractivity contribution in [2.75, 3.05) is 13.7 Å². The van der Waals surface area contributed by atoms with Gasteiger partial charge in [-0.3, -0.25) is 0 Å². The quantitative estimate of drug-likeness (QED) is 0.622. The van der Waals surface area contributed by atoms with E-state index in [4.69, 9.17) is 5.11 Å². The highest BCUT2D eigenvalue weighted by atomic mass is 19.4. The van der Waals surface area contributed by atoms with Gasteiger partial charge in [-0.25, -0.2) is 23.4 Å². The molecule has 11 heteroatoms. The van der Waals surface area contributed by atoms with Gasteiger partial charge in [-0.05, 0) is 6.92 Å². The molecule has 0 amide bonds. The second kappa shape index (κ2) is 7.51. The van der Waals surface area contributed by atoms with Gasteiger partial charge in [0.15, 0.2) is 5.69 Å². The van der Waals surface area contributed by atoms with Crippen molar-refractivity contribution in [2.45, 2.75) is 26.1 Å². The van der Waals surface area contributed by atoms with E-state index in [1.807, 2.05) is 0 Å². The summed E-state index contributed by atoms with van der Waals surface area (Å²) < 4.78 is 74.5. The predicted octanol–water partition coefficient (Wildman–Crippen LogP) is 3.06. The van der Waals surface area contributed by atoms with Gasteiger partial charge in [0.25, 0.3) is 6.43 Å². The molecular weight excluding hydrogens is 345 g/mol. The highest BCUT2D eigenvalue weighted by molar-refractivity contribution is 5.99. The number of carboxylic acids is 1. The van der Waals surface area contributed by atoms with Gasteiger partial charge in [0.2, 0.25) is 0 Å². The summed E-state index contributed by atoms with van der Waals surface area (Å²) in [5, 5.41) is 9.09. The highest BCUT2D eigenvalue weighted by Gasteiger charge is 2.43. The molecule has 0 radical (unpaired) electrons. The first-order chi connectivity index (χ1) is 11.1. The molecule has 0 atom stereocenters. The van der Waals surface area contributed by atoms with Crippen molar-refractivity contribution >= 4 is 11.9 Å². The molecule has 1 heterocycles. The number of esters is 1. The average Bonchev–Trinajstić information content (AvgIpc) is 2.44. The fraction of sp³-hybridized carbons (Fsp3) is 0.462. The highest BCUT2D eigenvalue weighted by Crippen LogP contribution is 2.37. The Labute approximate surface area is 132 Å². The molecule has 0 saturated heterocycles. The Morgan fingerprint density at radius 2 is 1.83 bits per heavy atom. The molecule has 1 rings (SSSR count). The molecular formula is C13H12F5NO5. The van der Waals surface area contributed by atoms with Crippen LogP contribution in [0, 0.1) is 0 Å². The zero-order valence-corrected chi connectivity index (χ0v) is 12.4. The smallest absolute Gasteiger partial charge is 0.434 e. The van der Waals surface area contributed by atoms with Crippen molar-refractivity contribution in [1.82, 2.24) is 4.98 Å². The predicted molar refractivity (Wildman–Crippen MR) is 67.8 cm³/mol. The summed E-state index contributed by atoms with van der Waals surface area (Å²) in [6.07, 6.45) is -8.89. The van der Waals surface area contributed by atoms with Gasteiger partial charge in [0.05, 0.1) is 24.3 Å². The van der Waals surface area contributed by atoms with E-state index in [0.717, 1.165) is 7.11 Å². The van der Waals surface area contributed by atoms with Gasteiger partial charge >= 0.3 is 18.1 Å². The first-order valence-corrected chi connectivity index (χ1v) is 6.37. The molecule has 6 nitrogen and oxygen atoms in total. The number of carbonyl (C=O) groups excluding carboxylic acids is 1. The summed E-state index contributed by atoms with van der Waals surface area (Å²) in [6, 6.07) is 0. The molecule has 0 fully saturated rings. The van der Waals surface area contributed by atoms with Gasteiger partial charge in [0.1, 0.15) is 5.69 Å². The Bertz CT molecular complexity index is 645. The molecule has 134 valence electrons. The molecule has 1 aromatic heterocycles. The van der Waals surface area contributed by atoms with Crippen LogP contribution >= 0.6 is 0 Å². The summed E-state index contributed by atoms with van der Waals surface area (Å²) in [5.74, 6) is -3.50. The zero-order valence-electron chi connectivity index (χ0n) is 12.4. The molecule has 0 spiro atoms. The number of hydrogen-bond acceptors (Lipinski definition) is 5. The van der Waals surface area contributed by atoms with Gasteiger partial charge in [-0.15, -0.1) is 0 Å². The van der Waals surface area contributed by atoms with Gasteiger partial charge < -0.3 is 14.6 Å². The van der Waals surface area contributed by atoms with Crippen molar-refractivity contribution < 1.29 is 46.1 Å². The van der Waals surface area contributed by atoms with E-state index in [0.29, 0.717) is 0 Å². The number of nitrogens with zero attached hydrogens (tertiary/aromatic N) is 1. The lowest BCUT2D eigenvalue weighted by molar-refractivity contribution is -0.142. The fourth-order valence-corrected chi connectivity index (χ4v) is 1.97. The first-order valence-electron chi connectivity index (χ1n) is 6.37. The summed E-state index contributed by atoms with van der Waals surface area (Å²) in [5.41, 5.74) is -6.90. The lowest BCUT2D eigenvalue weighted by atomic mass is 9.97. The van der Waals surface area contributed by atoms with E-state index in [9.17, 15) is 31.5 Å². The van der Waals surface area contributed by atoms with Crippen molar-refractivity contribution in [3.8, 4) is 0 Å². The average molecular weight is 357 g/mol. The van der Waals surface area contributed by atoms with Gasteiger partial charge in [-0.1, -0.05) is 0 Å². The third kappa shape index (κ3) is 3.96. The van der Waals surface area contributed by atoms with Crippen LogP contribution in [-0.2, 0) is 22.3 Å². The van der Waals surface area contributed by atoms with E-state index in [1.54, 1.807) is 0 Å². The first kappa shape index (κ1) is 19.7. The Balaban J connectivity index is 3.96. The third-order valence-corrected chi connectivity index (χ3v) is 2.79. The number of carboxylic acid groups (broad SMARTS) is 1. The van der Waals surface area contributed by atoms with Crippen LogP contribution in [0.3, 0.4) is 0 Å². The van der Waals surface area contributed by atoms with E-state index in [2.05, 4.69) is 14.5 Å². The number of carbonyl (C=O) groups is 2. The Kier molecular flexibility index (Phi) is 6.18. The number of aromatic carboxylic acids is 1. The van der Waals surface area contributed by atoms with E-state index < -0.39 is 59.2 Å². The van der Waals surface area contributed by atoms with Crippen molar-refractivity contribution in [1.29, 1.82) is 0 Å². The second-order valence-corrected chi connectivity index (χ2v) is 4.33. The maximum atomic E-state index is 13.1. The van der Waals surface area contributed by atoms with Gasteiger partial charge in [-0.2, -0.15) is 13.2 Å². The zero-order chi connectivity index (χ0) is 18.7. The molecule has 0 unspecified atom stereocenters. The molecule has 0 bridgehead atoms. The number of ether oxygens (including phenoxy) is 2. The number of alkyl halides is 5. The van der Waals surface area contributed by atoms with Gasteiger partial charge in [0, 0.05) is 12.7 Å². The SMILES string of the molecule is CCOC(=O)c1c(C(F)(F)F)nc(C(F)F)c(C(=O)O)c1COC. The molecule has 0 aliphatic heterocycles. The van der Waals surface area contributed by atoms with Crippen LogP contribution in [0.25, 0.3) is 0 Å². The van der Waals surface area contributed by atoms with Crippen LogP contribution in [0.1, 0.15) is 51.0 Å². The minimum Gasteiger partial charge on any atom is -0.478 e. The monoisotopic (exact) mass is 357 g/mol. The lowest BCUT2D eigenvalue weighted by Crippen LogP contribution is -2.25. The third-order valence-electron chi connectivity index (χ3n) is 2.79. The van der Waals surface area contributed by atoms with Crippen molar-refractivity contribution in [3.05, 3.63) is 28.1 Å². The molecule has 24 heavy (non-hydrogen) atoms. The Morgan fingerprint density at radius 1 is 1.25 bits per heavy atom. The molecule has 0 aromatic carbocycles. The Morgan fingerprint density at radius 3 is 2.21 bits per heavy atom. The number of methoxy groups -OCH3 is 1. The minimum absolute atomic E-state index is 0.318. The molecule has 0 aliphatic rings. The topological polar surface area (TPSA) is 85.7 Å². The maximum Gasteiger partial charge on any atom is 0.434 e. The fourth-order valence-electron chi connectivity index (χ4n) is 1.97. The molecule has 1 aromatic rings. The van der Waals surface area contributed by atoms with Crippen LogP contribution in [0.2, 0.25) is 0 Å². The van der Waals surface area contributed by atoms with Crippen LogP contribution in [-0.4, -0.2) is 35.7 Å². The summed E-state index contributed by atoms with van der Waals surface area (Å²) in [4.78, 5) is 25.8. The number of pyridine rings is 1. The normalized spacial score (nSPS) is 11.7. The maximum absolute atomic E-state index is 13.1. The van der Waals surface area contributed by atoms with E-state index >= 15 is 0 Å². The molecule has 0 saturated carbocycles. The summed E-state index contributed by atoms with van der Waals surface area (Å²) >= 11 is 0. The standard InChI is InChI=1S/C13H12F5NO5/c1-3-24-12(22)7-5(4-23-2)6(11(20)21)8(10(14)15)19-9(7)13(16,17)18/h10H,3-4H2,1-2H3,(H,20,21). The molecule has 0 aliphatic carbocycles. The van der Waals surface area contributed by atoms with Crippen LogP contribution in [0.15, 0.2) is 0 Å².